The number of aromatic nitrogens is 2. The summed E-state index contributed by atoms with van der Waals surface area (Å²) in [5, 5.41) is 15.1. The van der Waals surface area contributed by atoms with Crippen LogP contribution in [0.25, 0.3) is 23.1 Å². The predicted molar refractivity (Wildman–Crippen MR) is 109 cm³/mol. The number of likely N-dealkylation sites (N-methyl/N-ethyl adjacent to an activating group) is 1. The molecule has 2 aromatic carbocycles. The van der Waals surface area contributed by atoms with Crippen molar-refractivity contribution in [1.82, 2.24) is 14.9 Å². The van der Waals surface area contributed by atoms with Crippen LogP contribution >= 0.6 is 0 Å². The Balaban J connectivity index is 1.86. The Labute approximate surface area is 157 Å². The lowest BCUT2D eigenvalue weighted by Gasteiger charge is -2.12. The van der Waals surface area contributed by atoms with E-state index in [1.54, 1.807) is 12.1 Å². The van der Waals surface area contributed by atoms with E-state index in [0.29, 0.717) is 5.82 Å². The minimum absolute atomic E-state index is 0.0708. The minimum Gasteiger partial charge on any atom is -0.368 e. The van der Waals surface area contributed by atoms with Crippen molar-refractivity contribution in [3.05, 3.63) is 70.0 Å². The van der Waals surface area contributed by atoms with Crippen LogP contribution in [0.1, 0.15) is 11.4 Å². The highest BCUT2D eigenvalue weighted by molar-refractivity contribution is 5.90. The maximum atomic E-state index is 10.7. The number of non-ortho nitro benzene ring substituents is 1. The highest BCUT2D eigenvalue weighted by Gasteiger charge is 2.06. The maximum absolute atomic E-state index is 10.7. The summed E-state index contributed by atoms with van der Waals surface area (Å²) in [5.41, 5.74) is 1.78. The van der Waals surface area contributed by atoms with E-state index in [1.807, 2.05) is 50.5 Å². The summed E-state index contributed by atoms with van der Waals surface area (Å²) >= 11 is 0. The zero-order valence-electron chi connectivity index (χ0n) is 15.3. The van der Waals surface area contributed by atoms with E-state index in [1.165, 1.54) is 12.1 Å². The number of para-hydroxylation sites is 1. The van der Waals surface area contributed by atoms with Gasteiger partial charge >= 0.3 is 0 Å². The average Bonchev–Trinajstić information content (AvgIpc) is 2.66. The van der Waals surface area contributed by atoms with Gasteiger partial charge in [0.25, 0.3) is 5.69 Å². The van der Waals surface area contributed by atoms with E-state index in [9.17, 15) is 10.1 Å². The number of nitrogens with one attached hydrogen (secondary N) is 1. The van der Waals surface area contributed by atoms with Crippen molar-refractivity contribution in [3.8, 4) is 0 Å². The average molecular weight is 363 g/mol. The maximum Gasteiger partial charge on any atom is 0.269 e. The Bertz CT molecular complexity index is 968. The van der Waals surface area contributed by atoms with Gasteiger partial charge < -0.3 is 10.2 Å². The zero-order chi connectivity index (χ0) is 19.2. The number of nitrogens with zero attached hydrogens (tertiary/aromatic N) is 4. The highest BCUT2D eigenvalue weighted by atomic mass is 16.6. The molecular weight excluding hydrogens is 342 g/mol. The van der Waals surface area contributed by atoms with Gasteiger partial charge in [0.2, 0.25) is 0 Å². The summed E-state index contributed by atoms with van der Waals surface area (Å²) in [6, 6.07) is 14.2. The van der Waals surface area contributed by atoms with Crippen molar-refractivity contribution in [2.24, 2.45) is 0 Å². The largest absolute Gasteiger partial charge is 0.368 e. The Kier molecular flexibility index (Phi) is 5.73. The molecule has 1 N–H and O–H groups in total. The Hall–Kier alpha value is -3.32. The van der Waals surface area contributed by atoms with Crippen molar-refractivity contribution < 1.29 is 4.92 Å². The van der Waals surface area contributed by atoms with Gasteiger partial charge in [-0.05, 0) is 50.0 Å². The molecule has 7 nitrogen and oxygen atoms in total. The first-order valence-electron chi connectivity index (χ1n) is 8.61. The highest BCUT2D eigenvalue weighted by Crippen LogP contribution is 2.21. The molecule has 0 bridgehead atoms. The fourth-order valence-corrected chi connectivity index (χ4v) is 2.58. The second kappa shape index (κ2) is 8.37. The van der Waals surface area contributed by atoms with Crippen molar-refractivity contribution in [1.29, 1.82) is 0 Å². The van der Waals surface area contributed by atoms with Crippen LogP contribution in [0.5, 0.6) is 0 Å². The lowest BCUT2D eigenvalue weighted by atomic mass is 10.2. The van der Waals surface area contributed by atoms with E-state index in [-0.39, 0.29) is 5.69 Å². The minimum atomic E-state index is -0.411. The molecule has 7 heteroatoms. The molecule has 1 heterocycles. The smallest absolute Gasteiger partial charge is 0.269 e. The monoisotopic (exact) mass is 363 g/mol. The number of nitro benzene ring substituents is 1. The van der Waals surface area contributed by atoms with Crippen LogP contribution in [0.2, 0.25) is 0 Å². The van der Waals surface area contributed by atoms with Crippen LogP contribution < -0.4 is 5.32 Å². The number of hydrogen-bond donors (Lipinski definition) is 1. The number of hydrogen-bond acceptors (Lipinski definition) is 6. The number of benzene rings is 2. The van der Waals surface area contributed by atoms with Crippen LogP contribution in [0, 0.1) is 10.1 Å². The molecule has 0 aliphatic heterocycles. The first kappa shape index (κ1) is 18.5. The van der Waals surface area contributed by atoms with Crippen LogP contribution in [-0.2, 0) is 0 Å². The molecule has 3 rings (SSSR count). The quantitative estimate of drug-likeness (QED) is 0.509. The summed E-state index contributed by atoms with van der Waals surface area (Å²) < 4.78 is 0. The van der Waals surface area contributed by atoms with Crippen LogP contribution in [0.4, 0.5) is 11.5 Å². The van der Waals surface area contributed by atoms with Crippen molar-refractivity contribution in [2.45, 2.75) is 0 Å². The predicted octanol–water partition coefficient (Wildman–Crippen LogP) is 3.68. The zero-order valence-corrected chi connectivity index (χ0v) is 15.3. The number of anilines is 1. The van der Waals surface area contributed by atoms with E-state index < -0.39 is 4.92 Å². The van der Waals surface area contributed by atoms with Gasteiger partial charge in [0, 0.05) is 30.6 Å². The Morgan fingerprint density at radius 3 is 2.52 bits per heavy atom. The molecule has 27 heavy (non-hydrogen) atoms. The van der Waals surface area contributed by atoms with Crippen LogP contribution in [-0.4, -0.2) is 47.0 Å². The summed E-state index contributed by atoms with van der Waals surface area (Å²) in [4.78, 5) is 21.6. The summed E-state index contributed by atoms with van der Waals surface area (Å²) in [6.45, 7) is 1.67. The summed E-state index contributed by atoms with van der Waals surface area (Å²) in [5.74, 6) is 1.38. The standard InChI is InChI=1S/C20H21N5O2/c1-24(2)14-13-21-20-17-5-3-4-6-18(17)22-19(23-20)12-9-15-7-10-16(11-8-15)25(26)27/h3-12H,13-14H2,1-2H3,(H,21,22,23)/b12-9+. The molecule has 0 amide bonds. The first-order valence-corrected chi connectivity index (χ1v) is 8.61. The number of fused-ring (bicyclic) bond motifs is 1. The fraction of sp³-hybridized carbons (Fsp3) is 0.200. The number of rotatable bonds is 7. The third kappa shape index (κ3) is 4.86. The van der Waals surface area contributed by atoms with Gasteiger partial charge in [0.1, 0.15) is 5.82 Å². The molecule has 0 aliphatic carbocycles. The second-order valence-electron chi connectivity index (χ2n) is 6.36. The summed E-state index contributed by atoms with van der Waals surface area (Å²) in [6.07, 6.45) is 3.65. The fourth-order valence-electron chi connectivity index (χ4n) is 2.58. The molecule has 3 aromatic rings. The molecule has 1 aromatic heterocycles. The van der Waals surface area contributed by atoms with Gasteiger partial charge in [-0.25, -0.2) is 9.97 Å². The molecule has 0 fully saturated rings. The third-order valence-corrected chi connectivity index (χ3v) is 4.00. The van der Waals surface area contributed by atoms with Crippen LogP contribution in [0.3, 0.4) is 0 Å². The topological polar surface area (TPSA) is 84.2 Å². The van der Waals surface area contributed by atoms with Gasteiger partial charge in [0.15, 0.2) is 5.82 Å². The molecular formula is C20H21N5O2. The molecule has 0 aliphatic rings. The SMILES string of the molecule is CN(C)CCNc1nc(/C=C/c2ccc([N+](=O)[O-])cc2)nc2ccccc12. The van der Waals surface area contributed by atoms with Gasteiger partial charge in [-0.1, -0.05) is 18.2 Å². The Morgan fingerprint density at radius 1 is 1.07 bits per heavy atom. The van der Waals surface area contributed by atoms with E-state index in [0.717, 1.165) is 35.4 Å². The number of nitro groups is 1. The van der Waals surface area contributed by atoms with Crippen LogP contribution in [0.15, 0.2) is 48.5 Å². The van der Waals surface area contributed by atoms with E-state index in [4.69, 9.17) is 0 Å². The van der Waals surface area contributed by atoms with Gasteiger partial charge in [0.05, 0.1) is 10.4 Å². The molecule has 138 valence electrons. The molecule has 0 atom stereocenters. The molecule has 0 radical (unpaired) electrons. The lowest BCUT2D eigenvalue weighted by molar-refractivity contribution is -0.384. The van der Waals surface area contributed by atoms with E-state index in [2.05, 4.69) is 20.2 Å². The van der Waals surface area contributed by atoms with Gasteiger partial charge in [-0.2, -0.15) is 0 Å². The Morgan fingerprint density at radius 2 is 1.81 bits per heavy atom. The third-order valence-electron chi connectivity index (χ3n) is 4.00. The summed E-state index contributed by atoms with van der Waals surface area (Å²) in [7, 11) is 4.05. The lowest BCUT2D eigenvalue weighted by Crippen LogP contribution is -2.21. The van der Waals surface area contributed by atoms with Crippen molar-refractivity contribution in [3.63, 3.8) is 0 Å². The molecule has 0 spiro atoms. The molecule has 0 unspecified atom stereocenters. The molecule has 0 saturated carbocycles. The first-order chi connectivity index (χ1) is 13.0. The second-order valence-corrected chi connectivity index (χ2v) is 6.36. The van der Waals surface area contributed by atoms with Crippen molar-refractivity contribution in [2.75, 3.05) is 32.5 Å². The van der Waals surface area contributed by atoms with Gasteiger partial charge in [-0.3, -0.25) is 10.1 Å². The molecule has 0 saturated heterocycles. The normalized spacial score (nSPS) is 11.4. The van der Waals surface area contributed by atoms with Crippen molar-refractivity contribution >= 4 is 34.6 Å². The van der Waals surface area contributed by atoms with Gasteiger partial charge in [-0.15, -0.1) is 0 Å². The van der Waals surface area contributed by atoms with E-state index >= 15 is 0 Å².